The zero-order valence-electron chi connectivity index (χ0n) is 15.7. The number of carbonyl (C=O) groups excluding carboxylic acids is 1. The first-order valence-corrected chi connectivity index (χ1v) is 8.92. The van der Waals surface area contributed by atoms with Gasteiger partial charge in [-0.05, 0) is 44.4 Å². The molecule has 5 nitrogen and oxygen atoms in total. The van der Waals surface area contributed by atoms with Crippen LogP contribution in [-0.4, -0.2) is 29.4 Å². The molecule has 0 aliphatic rings. The van der Waals surface area contributed by atoms with Crippen molar-refractivity contribution >= 4 is 5.91 Å². The molecule has 0 amide bonds. The molecule has 0 radical (unpaired) electrons. The van der Waals surface area contributed by atoms with Crippen molar-refractivity contribution in [2.45, 2.75) is 52.9 Å². The second-order valence-electron chi connectivity index (χ2n) is 6.21. The van der Waals surface area contributed by atoms with Crippen LogP contribution in [0.5, 0.6) is 11.5 Å². The molecular formula is C20H28N2O3. The lowest BCUT2D eigenvalue weighted by Gasteiger charge is -2.10. The smallest absolute Gasteiger partial charge is 0.284 e. The van der Waals surface area contributed by atoms with E-state index >= 15 is 0 Å². The molecule has 0 unspecified atom stereocenters. The van der Waals surface area contributed by atoms with Crippen LogP contribution < -0.4 is 9.47 Å². The van der Waals surface area contributed by atoms with E-state index in [1.165, 1.54) is 29.5 Å². The average Bonchev–Trinajstić information content (AvgIpc) is 2.91. The Morgan fingerprint density at radius 1 is 1.12 bits per heavy atom. The van der Waals surface area contributed by atoms with E-state index in [2.05, 4.69) is 12.0 Å². The fraction of sp³-hybridized carbons (Fsp3) is 0.500. The lowest BCUT2D eigenvalue weighted by atomic mass is 10.0. The molecule has 136 valence electrons. The van der Waals surface area contributed by atoms with Crippen molar-refractivity contribution < 1.29 is 14.3 Å². The third-order valence-corrected chi connectivity index (χ3v) is 4.38. The molecule has 0 aliphatic carbocycles. The minimum atomic E-state index is -0.175. The van der Waals surface area contributed by atoms with E-state index in [-0.39, 0.29) is 12.5 Å². The zero-order valence-corrected chi connectivity index (χ0v) is 15.7. The molecule has 1 heterocycles. The predicted octanol–water partition coefficient (Wildman–Crippen LogP) is 4.35. The fourth-order valence-corrected chi connectivity index (χ4v) is 2.95. The summed E-state index contributed by atoms with van der Waals surface area (Å²) in [5.41, 5.74) is 3.03. The molecule has 0 aliphatic heterocycles. The summed E-state index contributed by atoms with van der Waals surface area (Å²) in [4.78, 5) is 12.5. The van der Waals surface area contributed by atoms with Gasteiger partial charge in [-0.15, -0.1) is 0 Å². The van der Waals surface area contributed by atoms with Crippen molar-refractivity contribution in [1.82, 2.24) is 9.78 Å². The maximum Gasteiger partial charge on any atom is 0.284 e. The summed E-state index contributed by atoms with van der Waals surface area (Å²) in [6.07, 6.45) is 5.78. The minimum absolute atomic E-state index is 0.0718. The first kappa shape index (κ1) is 19.0. The van der Waals surface area contributed by atoms with Gasteiger partial charge in [0.15, 0.2) is 18.1 Å². The molecule has 0 saturated carbocycles. The van der Waals surface area contributed by atoms with Crippen molar-refractivity contribution in [1.29, 1.82) is 0 Å². The maximum atomic E-state index is 12.5. The molecule has 0 N–H and O–H groups in total. The van der Waals surface area contributed by atoms with Gasteiger partial charge >= 0.3 is 0 Å². The predicted molar refractivity (Wildman–Crippen MR) is 98.7 cm³/mol. The summed E-state index contributed by atoms with van der Waals surface area (Å²) >= 11 is 0. The number of benzene rings is 1. The van der Waals surface area contributed by atoms with Crippen LogP contribution in [0.3, 0.4) is 0 Å². The molecule has 25 heavy (non-hydrogen) atoms. The van der Waals surface area contributed by atoms with Gasteiger partial charge in [-0.2, -0.15) is 5.10 Å². The van der Waals surface area contributed by atoms with Gasteiger partial charge in [-0.1, -0.05) is 38.3 Å². The Morgan fingerprint density at radius 3 is 2.52 bits per heavy atom. The van der Waals surface area contributed by atoms with Gasteiger partial charge < -0.3 is 9.47 Å². The number of rotatable bonds is 9. The Hall–Kier alpha value is -2.30. The number of hydrogen-bond donors (Lipinski definition) is 0. The topological polar surface area (TPSA) is 53.4 Å². The Bertz CT molecular complexity index is 707. The molecule has 0 spiro atoms. The van der Waals surface area contributed by atoms with Crippen LogP contribution >= 0.6 is 0 Å². The van der Waals surface area contributed by atoms with Crippen LogP contribution in [0, 0.1) is 13.8 Å². The summed E-state index contributed by atoms with van der Waals surface area (Å²) in [6.45, 7) is 6.05. The lowest BCUT2D eigenvalue weighted by Crippen LogP contribution is -2.22. The molecule has 5 heteroatoms. The number of carbonyl (C=O) groups is 1. The second kappa shape index (κ2) is 9.25. The van der Waals surface area contributed by atoms with E-state index in [0.717, 1.165) is 24.2 Å². The number of hydrogen-bond acceptors (Lipinski definition) is 4. The summed E-state index contributed by atoms with van der Waals surface area (Å²) < 4.78 is 12.3. The number of unbranched alkanes of at least 4 members (excludes halogenated alkanes) is 3. The highest BCUT2D eigenvalue weighted by molar-refractivity contribution is 5.80. The van der Waals surface area contributed by atoms with E-state index in [9.17, 15) is 4.79 Å². The van der Waals surface area contributed by atoms with Crippen LogP contribution in [-0.2, 0) is 6.42 Å². The van der Waals surface area contributed by atoms with Gasteiger partial charge in [0.2, 0.25) is 0 Å². The summed E-state index contributed by atoms with van der Waals surface area (Å²) in [5, 5.41) is 4.42. The van der Waals surface area contributed by atoms with Crippen LogP contribution in [0.1, 0.15) is 54.4 Å². The molecule has 1 aromatic carbocycles. The number of methoxy groups -OCH3 is 1. The fourth-order valence-electron chi connectivity index (χ4n) is 2.95. The quantitative estimate of drug-likeness (QED) is 0.635. The van der Waals surface area contributed by atoms with Crippen LogP contribution in [0.15, 0.2) is 24.3 Å². The van der Waals surface area contributed by atoms with Crippen LogP contribution in [0.2, 0.25) is 0 Å². The molecule has 0 bridgehead atoms. The highest BCUT2D eigenvalue weighted by atomic mass is 16.5. The summed E-state index contributed by atoms with van der Waals surface area (Å²) in [7, 11) is 1.58. The van der Waals surface area contributed by atoms with E-state index < -0.39 is 0 Å². The number of nitrogens with zero attached hydrogens (tertiary/aromatic N) is 2. The summed E-state index contributed by atoms with van der Waals surface area (Å²) in [5.74, 6) is 0.992. The van der Waals surface area contributed by atoms with Gasteiger partial charge in [-0.3, -0.25) is 4.79 Å². The molecule has 2 rings (SSSR count). The second-order valence-corrected chi connectivity index (χ2v) is 6.21. The lowest BCUT2D eigenvalue weighted by molar-refractivity contribution is 0.0816. The third-order valence-electron chi connectivity index (χ3n) is 4.38. The van der Waals surface area contributed by atoms with Gasteiger partial charge in [0.25, 0.3) is 5.91 Å². The largest absolute Gasteiger partial charge is 0.493 e. The van der Waals surface area contributed by atoms with E-state index in [4.69, 9.17) is 9.47 Å². The van der Waals surface area contributed by atoms with Crippen molar-refractivity contribution in [2.24, 2.45) is 0 Å². The average molecular weight is 344 g/mol. The van der Waals surface area contributed by atoms with E-state index in [0.29, 0.717) is 11.5 Å². The maximum absolute atomic E-state index is 12.5. The number of ether oxygens (including phenoxy) is 2. The standard InChI is InChI=1S/C20H28N2O3/c1-5-6-7-8-11-17-15(2)21-22(16(17)3)20(23)14-25-19-13-10-9-12-18(19)24-4/h9-10,12-13H,5-8,11,14H2,1-4H3. The van der Waals surface area contributed by atoms with E-state index in [1.807, 2.05) is 26.0 Å². The monoisotopic (exact) mass is 344 g/mol. The van der Waals surface area contributed by atoms with Crippen molar-refractivity contribution in [3.63, 3.8) is 0 Å². The first-order valence-electron chi connectivity index (χ1n) is 8.92. The first-order chi connectivity index (χ1) is 12.1. The van der Waals surface area contributed by atoms with Crippen LogP contribution in [0.4, 0.5) is 0 Å². The molecule has 2 aromatic rings. The van der Waals surface area contributed by atoms with Gasteiger partial charge in [0.05, 0.1) is 12.8 Å². The Kier molecular flexibility index (Phi) is 7.04. The molecule has 0 saturated heterocycles. The highest BCUT2D eigenvalue weighted by Gasteiger charge is 2.17. The molecule has 0 atom stereocenters. The van der Waals surface area contributed by atoms with Gasteiger partial charge in [-0.25, -0.2) is 4.68 Å². The number of para-hydroxylation sites is 2. The Morgan fingerprint density at radius 2 is 1.84 bits per heavy atom. The van der Waals surface area contributed by atoms with Crippen molar-refractivity contribution in [3.05, 3.63) is 41.2 Å². The molecule has 0 fully saturated rings. The van der Waals surface area contributed by atoms with Crippen LogP contribution in [0.25, 0.3) is 0 Å². The molecule has 1 aromatic heterocycles. The zero-order chi connectivity index (χ0) is 18.2. The highest BCUT2D eigenvalue weighted by Crippen LogP contribution is 2.25. The normalized spacial score (nSPS) is 10.7. The Balaban J connectivity index is 2.02. The molecular weight excluding hydrogens is 316 g/mol. The third kappa shape index (κ3) is 4.84. The number of aryl methyl sites for hydroxylation is 1. The Labute approximate surface area is 149 Å². The van der Waals surface area contributed by atoms with Gasteiger partial charge in [0.1, 0.15) is 0 Å². The minimum Gasteiger partial charge on any atom is -0.493 e. The summed E-state index contributed by atoms with van der Waals surface area (Å²) in [6, 6.07) is 7.30. The SMILES string of the molecule is CCCCCCc1c(C)nn(C(=O)COc2ccccc2OC)c1C. The van der Waals surface area contributed by atoms with Gasteiger partial charge in [0, 0.05) is 5.69 Å². The van der Waals surface area contributed by atoms with Crippen molar-refractivity contribution in [3.8, 4) is 11.5 Å². The van der Waals surface area contributed by atoms with E-state index in [1.54, 1.807) is 19.2 Å². The number of aromatic nitrogens is 2. The van der Waals surface area contributed by atoms with Crippen molar-refractivity contribution in [2.75, 3.05) is 13.7 Å².